The molecule has 5 nitrogen and oxygen atoms in total. The van der Waals surface area contributed by atoms with Crippen molar-refractivity contribution in [2.75, 3.05) is 26.5 Å². The summed E-state index contributed by atoms with van der Waals surface area (Å²) in [6, 6.07) is 0. The normalized spacial score (nSPS) is 12.6. The number of allylic oxidation sites excluding steroid dienone is 1. The van der Waals surface area contributed by atoms with Gasteiger partial charge in [0, 0.05) is 5.57 Å². The molecule has 0 spiro atoms. The zero-order chi connectivity index (χ0) is 12.6. The molecule has 0 heterocycles. The summed E-state index contributed by atoms with van der Waals surface area (Å²) < 4.78 is 26.6. The molecule has 0 aromatic rings. The molecule has 0 unspecified atom stereocenters. The Kier molecular flexibility index (Phi) is 7.30. The summed E-state index contributed by atoms with van der Waals surface area (Å²) in [5.41, 5.74) is 0.391. The topological polar surface area (TPSA) is 61.8 Å². The number of esters is 1. The molecule has 94 valence electrons. The fourth-order valence-corrected chi connectivity index (χ4v) is 2.60. The van der Waals surface area contributed by atoms with Crippen LogP contribution in [-0.4, -0.2) is 32.5 Å². The molecule has 0 aliphatic carbocycles. The maximum Gasteiger partial charge on any atom is 0.334 e. The molecule has 16 heavy (non-hydrogen) atoms. The van der Waals surface area contributed by atoms with E-state index in [0.717, 1.165) is 0 Å². The molecule has 0 radical (unpaired) electrons. The minimum atomic E-state index is -3.11. The SMILES string of the molecule is CCOP(=O)(C/C=C(\C)C(=O)OC)OCC. The molecule has 0 saturated heterocycles. The van der Waals surface area contributed by atoms with Gasteiger partial charge in [0.2, 0.25) is 0 Å². The lowest BCUT2D eigenvalue weighted by Crippen LogP contribution is -2.04. The van der Waals surface area contributed by atoms with Gasteiger partial charge < -0.3 is 13.8 Å². The summed E-state index contributed by atoms with van der Waals surface area (Å²) >= 11 is 0. The summed E-state index contributed by atoms with van der Waals surface area (Å²) in [5.74, 6) is -0.445. The van der Waals surface area contributed by atoms with Crippen LogP contribution >= 0.6 is 7.60 Å². The molecule has 0 aliphatic rings. The van der Waals surface area contributed by atoms with Gasteiger partial charge in [0.25, 0.3) is 0 Å². The second kappa shape index (κ2) is 7.60. The summed E-state index contributed by atoms with van der Waals surface area (Å²) in [7, 11) is -1.81. The molecule has 6 heteroatoms. The highest BCUT2D eigenvalue weighted by molar-refractivity contribution is 7.54. The summed E-state index contributed by atoms with van der Waals surface area (Å²) in [4.78, 5) is 11.1. The Morgan fingerprint density at radius 1 is 1.25 bits per heavy atom. The first kappa shape index (κ1) is 15.4. The number of rotatable bonds is 7. The third-order valence-corrected chi connectivity index (χ3v) is 3.71. The Morgan fingerprint density at radius 2 is 1.75 bits per heavy atom. The Balaban J connectivity index is 4.53. The Morgan fingerprint density at radius 3 is 2.12 bits per heavy atom. The number of carbonyl (C=O) groups is 1. The molecule has 0 aromatic carbocycles. The van der Waals surface area contributed by atoms with Crippen molar-refractivity contribution in [2.24, 2.45) is 0 Å². The van der Waals surface area contributed by atoms with Crippen LogP contribution in [0, 0.1) is 0 Å². The van der Waals surface area contributed by atoms with Crippen LogP contribution in [0.5, 0.6) is 0 Å². The predicted octanol–water partition coefficient (Wildman–Crippen LogP) is 2.37. The molecule has 0 amide bonds. The van der Waals surface area contributed by atoms with Crippen LogP contribution in [0.25, 0.3) is 0 Å². The molecule has 0 rings (SSSR count). The van der Waals surface area contributed by atoms with Gasteiger partial charge in [0.15, 0.2) is 0 Å². The van der Waals surface area contributed by atoms with Crippen molar-refractivity contribution in [2.45, 2.75) is 20.8 Å². The van der Waals surface area contributed by atoms with Crippen molar-refractivity contribution in [3.05, 3.63) is 11.6 Å². The van der Waals surface area contributed by atoms with Gasteiger partial charge in [-0.2, -0.15) is 0 Å². The molecule has 0 fully saturated rings. The zero-order valence-electron chi connectivity index (χ0n) is 10.2. The van der Waals surface area contributed by atoms with E-state index in [1.165, 1.54) is 13.2 Å². The van der Waals surface area contributed by atoms with E-state index in [1.807, 2.05) is 0 Å². The molecule has 0 saturated carbocycles. The number of hydrogen-bond donors (Lipinski definition) is 0. The summed E-state index contributed by atoms with van der Waals surface area (Å²) in [6.07, 6.45) is 1.59. The average molecular weight is 250 g/mol. The van der Waals surface area contributed by atoms with Gasteiger partial charge in [0.05, 0.1) is 26.5 Å². The predicted molar refractivity (Wildman–Crippen MR) is 61.5 cm³/mol. The van der Waals surface area contributed by atoms with Gasteiger partial charge in [-0.1, -0.05) is 6.08 Å². The number of hydrogen-bond acceptors (Lipinski definition) is 5. The second-order valence-electron chi connectivity index (χ2n) is 3.01. The van der Waals surface area contributed by atoms with Crippen molar-refractivity contribution in [3.8, 4) is 0 Å². The average Bonchev–Trinajstić information content (AvgIpc) is 2.25. The molecule has 0 aliphatic heterocycles. The molecular formula is C10H19O5P. The van der Waals surface area contributed by atoms with Crippen molar-refractivity contribution in [1.82, 2.24) is 0 Å². The van der Waals surface area contributed by atoms with E-state index >= 15 is 0 Å². The molecule has 0 atom stereocenters. The number of methoxy groups -OCH3 is 1. The van der Waals surface area contributed by atoms with E-state index in [4.69, 9.17) is 9.05 Å². The Hall–Kier alpha value is -0.640. The highest BCUT2D eigenvalue weighted by Crippen LogP contribution is 2.48. The van der Waals surface area contributed by atoms with Crippen LogP contribution in [0.4, 0.5) is 0 Å². The maximum atomic E-state index is 12.0. The molecule has 0 bridgehead atoms. The standard InChI is InChI=1S/C10H19O5P/c1-5-14-16(12,15-6-2)8-7-9(3)10(11)13-4/h7H,5-6,8H2,1-4H3/b9-7+. The highest BCUT2D eigenvalue weighted by atomic mass is 31.2. The van der Waals surface area contributed by atoms with Crippen LogP contribution < -0.4 is 0 Å². The van der Waals surface area contributed by atoms with Gasteiger partial charge in [-0.05, 0) is 20.8 Å². The Labute approximate surface area is 96.3 Å². The minimum Gasteiger partial charge on any atom is -0.466 e. The van der Waals surface area contributed by atoms with Gasteiger partial charge in [-0.15, -0.1) is 0 Å². The van der Waals surface area contributed by atoms with Gasteiger partial charge in [-0.3, -0.25) is 4.57 Å². The molecular weight excluding hydrogens is 231 g/mol. The second-order valence-corrected chi connectivity index (χ2v) is 5.11. The van der Waals surface area contributed by atoms with Crippen molar-refractivity contribution < 1.29 is 23.1 Å². The van der Waals surface area contributed by atoms with Gasteiger partial charge in [-0.25, -0.2) is 4.79 Å². The number of ether oxygens (including phenoxy) is 1. The van der Waals surface area contributed by atoms with E-state index in [0.29, 0.717) is 18.8 Å². The lowest BCUT2D eigenvalue weighted by molar-refractivity contribution is -0.136. The van der Waals surface area contributed by atoms with Crippen molar-refractivity contribution >= 4 is 13.6 Å². The third-order valence-electron chi connectivity index (χ3n) is 1.78. The lowest BCUT2D eigenvalue weighted by atomic mass is 10.3. The first-order valence-corrected chi connectivity index (χ1v) is 6.85. The van der Waals surface area contributed by atoms with Crippen LogP contribution in [0.15, 0.2) is 11.6 Å². The van der Waals surface area contributed by atoms with E-state index in [9.17, 15) is 9.36 Å². The van der Waals surface area contributed by atoms with Gasteiger partial charge in [0.1, 0.15) is 0 Å². The smallest absolute Gasteiger partial charge is 0.334 e. The lowest BCUT2D eigenvalue weighted by Gasteiger charge is -2.15. The molecule has 0 N–H and O–H groups in total. The van der Waals surface area contributed by atoms with E-state index < -0.39 is 13.6 Å². The minimum absolute atomic E-state index is 0.0790. The number of carbonyl (C=O) groups excluding carboxylic acids is 1. The third kappa shape index (κ3) is 5.45. The zero-order valence-corrected chi connectivity index (χ0v) is 11.1. The quantitative estimate of drug-likeness (QED) is 0.394. The van der Waals surface area contributed by atoms with Crippen LogP contribution in [0.2, 0.25) is 0 Å². The first-order chi connectivity index (χ1) is 7.49. The van der Waals surface area contributed by atoms with Crippen molar-refractivity contribution in [1.29, 1.82) is 0 Å². The van der Waals surface area contributed by atoms with E-state index in [2.05, 4.69) is 4.74 Å². The van der Waals surface area contributed by atoms with E-state index in [1.54, 1.807) is 20.8 Å². The van der Waals surface area contributed by atoms with E-state index in [-0.39, 0.29) is 6.16 Å². The largest absolute Gasteiger partial charge is 0.466 e. The Bertz CT molecular complexity index is 288. The first-order valence-electron chi connectivity index (χ1n) is 5.12. The molecule has 0 aromatic heterocycles. The fraction of sp³-hybridized carbons (Fsp3) is 0.700. The fourth-order valence-electron chi connectivity index (χ4n) is 1.03. The summed E-state index contributed by atoms with van der Waals surface area (Å²) in [5, 5.41) is 0. The van der Waals surface area contributed by atoms with Crippen LogP contribution in [0.3, 0.4) is 0 Å². The van der Waals surface area contributed by atoms with Gasteiger partial charge >= 0.3 is 13.6 Å². The maximum absolute atomic E-state index is 12.0. The van der Waals surface area contributed by atoms with Crippen LogP contribution in [0.1, 0.15) is 20.8 Å². The highest BCUT2D eigenvalue weighted by Gasteiger charge is 2.22. The summed E-state index contributed by atoms with van der Waals surface area (Å²) in [6.45, 7) is 5.68. The van der Waals surface area contributed by atoms with Crippen molar-refractivity contribution in [3.63, 3.8) is 0 Å². The monoisotopic (exact) mass is 250 g/mol. The van der Waals surface area contributed by atoms with Crippen LogP contribution in [-0.2, 0) is 23.1 Å².